The van der Waals surface area contributed by atoms with Crippen LogP contribution < -0.4 is 0 Å². The van der Waals surface area contributed by atoms with Gasteiger partial charge in [0.1, 0.15) is 0 Å². The Morgan fingerprint density at radius 3 is 3.00 bits per heavy atom. The van der Waals surface area contributed by atoms with E-state index < -0.39 is 5.60 Å². The molecule has 0 saturated carbocycles. The minimum atomic E-state index is -0.530. The summed E-state index contributed by atoms with van der Waals surface area (Å²) in [5.74, 6) is 0. The van der Waals surface area contributed by atoms with Gasteiger partial charge in [0.2, 0.25) is 0 Å². The van der Waals surface area contributed by atoms with E-state index in [0.29, 0.717) is 13.0 Å². The fourth-order valence-corrected chi connectivity index (χ4v) is 1.47. The van der Waals surface area contributed by atoms with E-state index in [2.05, 4.69) is 6.58 Å². The van der Waals surface area contributed by atoms with Gasteiger partial charge in [0, 0.05) is 13.2 Å². The van der Waals surface area contributed by atoms with E-state index in [4.69, 9.17) is 4.74 Å². The van der Waals surface area contributed by atoms with Crippen molar-refractivity contribution in [3.63, 3.8) is 0 Å². The SMILES string of the molecule is C=CCC1(O)CCCOCC1. The highest BCUT2D eigenvalue weighted by atomic mass is 16.5. The lowest BCUT2D eigenvalue weighted by atomic mass is 9.91. The molecule has 0 radical (unpaired) electrons. The first-order valence-electron chi connectivity index (χ1n) is 4.18. The Kier molecular flexibility index (Phi) is 3.09. The Morgan fingerprint density at radius 1 is 1.45 bits per heavy atom. The van der Waals surface area contributed by atoms with E-state index in [9.17, 15) is 5.11 Å². The van der Waals surface area contributed by atoms with Crippen LogP contribution in [0.2, 0.25) is 0 Å². The maximum atomic E-state index is 9.90. The molecule has 1 fully saturated rings. The molecule has 2 heteroatoms. The summed E-state index contributed by atoms with van der Waals surface area (Å²) in [5, 5.41) is 9.90. The minimum absolute atomic E-state index is 0.530. The van der Waals surface area contributed by atoms with Gasteiger partial charge in [-0.2, -0.15) is 0 Å². The van der Waals surface area contributed by atoms with Crippen LogP contribution in [0, 0.1) is 0 Å². The van der Waals surface area contributed by atoms with E-state index in [1.165, 1.54) is 0 Å². The first kappa shape index (κ1) is 8.75. The van der Waals surface area contributed by atoms with E-state index in [0.717, 1.165) is 25.9 Å². The molecule has 0 bridgehead atoms. The van der Waals surface area contributed by atoms with Crippen molar-refractivity contribution >= 4 is 0 Å². The molecule has 1 aliphatic rings. The minimum Gasteiger partial charge on any atom is -0.389 e. The lowest BCUT2D eigenvalue weighted by Gasteiger charge is -2.23. The lowest BCUT2D eigenvalue weighted by Crippen LogP contribution is -2.27. The second-order valence-electron chi connectivity index (χ2n) is 3.18. The summed E-state index contributed by atoms with van der Waals surface area (Å²) in [6.07, 6.45) is 5.03. The fourth-order valence-electron chi connectivity index (χ4n) is 1.47. The monoisotopic (exact) mass is 156 g/mol. The van der Waals surface area contributed by atoms with Gasteiger partial charge in [0.05, 0.1) is 5.60 Å². The molecule has 64 valence electrons. The topological polar surface area (TPSA) is 29.5 Å². The van der Waals surface area contributed by atoms with Gasteiger partial charge in [-0.05, 0) is 25.7 Å². The molecule has 1 aliphatic heterocycles. The average molecular weight is 156 g/mol. The van der Waals surface area contributed by atoms with Gasteiger partial charge in [0.15, 0.2) is 0 Å². The zero-order valence-electron chi connectivity index (χ0n) is 6.88. The van der Waals surface area contributed by atoms with E-state index in [1.54, 1.807) is 6.08 Å². The van der Waals surface area contributed by atoms with Crippen molar-refractivity contribution in [1.29, 1.82) is 0 Å². The Morgan fingerprint density at radius 2 is 2.27 bits per heavy atom. The Labute approximate surface area is 67.9 Å². The molecule has 1 unspecified atom stereocenters. The highest BCUT2D eigenvalue weighted by molar-refractivity contribution is 4.87. The van der Waals surface area contributed by atoms with Gasteiger partial charge in [0.25, 0.3) is 0 Å². The smallest absolute Gasteiger partial charge is 0.0704 e. The molecule has 1 N–H and O–H groups in total. The van der Waals surface area contributed by atoms with Crippen LogP contribution in [0.25, 0.3) is 0 Å². The van der Waals surface area contributed by atoms with Crippen LogP contribution in [-0.2, 0) is 4.74 Å². The largest absolute Gasteiger partial charge is 0.389 e. The summed E-state index contributed by atoms with van der Waals surface area (Å²) >= 11 is 0. The Hall–Kier alpha value is -0.340. The summed E-state index contributed by atoms with van der Waals surface area (Å²) in [5.41, 5.74) is -0.530. The summed E-state index contributed by atoms with van der Waals surface area (Å²) in [6.45, 7) is 5.11. The maximum Gasteiger partial charge on any atom is 0.0704 e. The first-order valence-corrected chi connectivity index (χ1v) is 4.18. The number of rotatable bonds is 2. The summed E-state index contributed by atoms with van der Waals surface area (Å²) in [6, 6.07) is 0. The molecular formula is C9H16O2. The van der Waals surface area contributed by atoms with Crippen molar-refractivity contribution in [2.75, 3.05) is 13.2 Å². The van der Waals surface area contributed by atoms with Crippen molar-refractivity contribution in [1.82, 2.24) is 0 Å². The lowest BCUT2D eigenvalue weighted by molar-refractivity contribution is 0.0214. The fraction of sp³-hybridized carbons (Fsp3) is 0.778. The van der Waals surface area contributed by atoms with Crippen LogP contribution in [0.4, 0.5) is 0 Å². The predicted molar refractivity (Wildman–Crippen MR) is 44.4 cm³/mol. The standard InChI is InChI=1S/C9H16O2/c1-2-4-9(10)5-3-7-11-8-6-9/h2,10H,1,3-8H2. The average Bonchev–Trinajstić information content (AvgIpc) is 2.15. The molecule has 0 aromatic rings. The molecular weight excluding hydrogens is 140 g/mol. The maximum absolute atomic E-state index is 9.90. The third-order valence-corrected chi connectivity index (χ3v) is 2.17. The molecule has 1 rings (SSSR count). The number of ether oxygens (including phenoxy) is 1. The zero-order chi connectivity index (χ0) is 8.16. The number of aliphatic hydroxyl groups is 1. The molecule has 1 heterocycles. The molecule has 0 aromatic heterocycles. The Balaban J connectivity index is 2.44. The van der Waals surface area contributed by atoms with Crippen LogP contribution in [-0.4, -0.2) is 23.9 Å². The van der Waals surface area contributed by atoms with E-state index in [1.807, 2.05) is 0 Å². The second-order valence-corrected chi connectivity index (χ2v) is 3.18. The van der Waals surface area contributed by atoms with Crippen LogP contribution in [0.15, 0.2) is 12.7 Å². The predicted octanol–water partition coefficient (Wildman–Crippen LogP) is 1.49. The van der Waals surface area contributed by atoms with Gasteiger partial charge in [-0.1, -0.05) is 6.08 Å². The summed E-state index contributed by atoms with van der Waals surface area (Å²) < 4.78 is 5.24. The highest BCUT2D eigenvalue weighted by Crippen LogP contribution is 2.24. The normalized spacial score (nSPS) is 32.8. The van der Waals surface area contributed by atoms with Crippen LogP contribution in [0.3, 0.4) is 0 Å². The van der Waals surface area contributed by atoms with Crippen LogP contribution in [0.5, 0.6) is 0 Å². The van der Waals surface area contributed by atoms with Crippen molar-refractivity contribution in [3.8, 4) is 0 Å². The van der Waals surface area contributed by atoms with E-state index in [-0.39, 0.29) is 0 Å². The van der Waals surface area contributed by atoms with Gasteiger partial charge < -0.3 is 9.84 Å². The second kappa shape index (κ2) is 3.88. The van der Waals surface area contributed by atoms with Crippen molar-refractivity contribution in [3.05, 3.63) is 12.7 Å². The molecule has 0 aliphatic carbocycles. The molecule has 0 amide bonds. The Bertz CT molecular complexity index is 124. The molecule has 11 heavy (non-hydrogen) atoms. The molecule has 1 saturated heterocycles. The third kappa shape index (κ3) is 2.64. The third-order valence-electron chi connectivity index (χ3n) is 2.17. The molecule has 0 aromatic carbocycles. The van der Waals surface area contributed by atoms with Gasteiger partial charge in [-0.15, -0.1) is 6.58 Å². The van der Waals surface area contributed by atoms with Crippen LogP contribution in [0.1, 0.15) is 25.7 Å². The van der Waals surface area contributed by atoms with Gasteiger partial charge >= 0.3 is 0 Å². The van der Waals surface area contributed by atoms with Crippen molar-refractivity contribution < 1.29 is 9.84 Å². The number of hydrogen-bond acceptors (Lipinski definition) is 2. The molecule has 1 atom stereocenters. The first-order chi connectivity index (χ1) is 5.27. The van der Waals surface area contributed by atoms with E-state index >= 15 is 0 Å². The molecule has 0 spiro atoms. The summed E-state index contributed by atoms with van der Waals surface area (Å²) in [4.78, 5) is 0. The van der Waals surface area contributed by atoms with Crippen molar-refractivity contribution in [2.24, 2.45) is 0 Å². The zero-order valence-corrected chi connectivity index (χ0v) is 6.88. The van der Waals surface area contributed by atoms with Crippen molar-refractivity contribution in [2.45, 2.75) is 31.3 Å². The van der Waals surface area contributed by atoms with Crippen LogP contribution >= 0.6 is 0 Å². The quantitative estimate of drug-likeness (QED) is 0.614. The number of hydrogen-bond donors (Lipinski definition) is 1. The summed E-state index contributed by atoms with van der Waals surface area (Å²) in [7, 11) is 0. The van der Waals surface area contributed by atoms with Gasteiger partial charge in [-0.3, -0.25) is 0 Å². The highest BCUT2D eigenvalue weighted by Gasteiger charge is 2.26. The van der Waals surface area contributed by atoms with Gasteiger partial charge in [-0.25, -0.2) is 0 Å². The molecule has 2 nitrogen and oxygen atoms in total.